The number of thiophene rings is 1. The average Bonchev–Trinajstić information content (AvgIpc) is 3.02. The first-order valence-corrected chi connectivity index (χ1v) is 7.61. The largest absolute Gasteiger partial charge is 0.309 e. The third-order valence-corrected chi connectivity index (χ3v) is 4.42. The molecular formula is C16H17NOS. The number of para-hydroxylation sites is 1. The van der Waals surface area contributed by atoms with Crippen molar-refractivity contribution in [3.63, 3.8) is 0 Å². The van der Waals surface area contributed by atoms with Gasteiger partial charge in [-0.05, 0) is 53.8 Å². The van der Waals surface area contributed by atoms with Crippen LogP contribution in [0, 0.1) is 0 Å². The number of anilines is 1. The lowest BCUT2D eigenvalue weighted by Crippen LogP contribution is -2.35. The number of benzene rings is 1. The minimum atomic E-state index is 0.239. The lowest BCUT2D eigenvalue weighted by Gasteiger charge is -2.22. The topological polar surface area (TPSA) is 20.3 Å². The van der Waals surface area contributed by atoms with Crippen LogP contribution in [0.1, 0.15) is 24.5 Å². The SMILES string of the molecule is CC1Cc2ccccc2N1C(=O)CCc1ccsc1. The van der Waals surface area contributed by atoms with Crippen LogP contribution >= 0.6 is 11.3 Å². The monoisotopic (exact) mass is 271 g/mol. The highest BCUT2D eigenvalue weighted by molar-refractivity contribution is 7.07. The Hall–Kier alpha value is -1.61. The molecule has 0 bridgehead atoms. The van der Waals surface area contributed by atoms with Gasteiger partial charge in [-0.15, -0.1) is 0 Å². The molecule has 1 aromatic heterocycles. The number of carbonyl (C=O) groups excluding carboxylic acids is 1. The molecule has 2 aromatic rings. The molecule has 1 aliphatic rings. The molecular weight excluding hydrogens is 254 g/mol. The Morgan fingerprint density at radius 3 is 3.00 bits per heavy atom. The van der Waals surface area contributed by atoms with Gasteiger partial charge in [-0.2, -0.15) is 11.3 Å². The number of nitrogens with zero attached hydrogens (tertiary/aromatic N) is 1. The van der Waals surface area contributed by atoms with E-state index in [9.17, 15) is 4.79 Å². The lowest BCUT2D eigenvalue weighted by molar-refractivity contribution is -0.118. The summed E-state index contributed by atoms with van der Waals surface area (Å²) in [6.07, 6.45) is 2.41. The summed E-state index contributed by atoms with van der Waals surface area (Å²) < 4.78 is 0. The first-order valence-electron chi connectivity index (χ1n) is 6.67. The molecule has 98 valence electrons. The molecule has 3 rings (SSSR count). The Balaban J connectivity index is 1.73. The summed E-state index contributed by atoms with van der Waals surface area (Å²) in [7, 11) is 0. The van der Waals surface area contributed by atoms with Crippen LogP contribution in [0.5, 0.6) is 0 Å². The van der Waals surface area contributed by atoms with Gasteiger partial charge in [-0.3, -0.25) is 4.79 Å². The normalized spacial score (nSPS) is 17.5. The van der Waals surface area contributed by atoms with Gasteiger partial charge in [0.1, 0.15) is 0 Å². The van der Waals surface area contributed by atoms with Crippen LogP contribution in [0.3, 0.4) is 0 Å². The quantitative estimate of drug-likeness (QED) is 0.834. The molecule has 1 atom stereocenters. The Morgan fingerprint density at radius 2 is 2.21 bits per heavy atom. The lowest BCUT2D eigenvalue weighted by atomic mass is 10.1. The highest BCUT2D eigenvalue weighted by Gasteiger charge is 2.29. The fourth-order valence-electron chi connectivity index (χ4n) is 2.75. The Morgan fingerprint density at radius 1 is 1.37 bits per heavy atom. The van der Waals surface area contributed by atoms with E-state index in [1.54, 1.807) is 11.3 Å². The van der Waals surface area contributed by atoms with Crippen molar-refractivity contribution >= 4 is 22.9 Å². The summed E-state index contributed by atoms with van der Waals surface area (Å²) in [6, 6.07) is 10.6. The molecule has 0 radical (unpaired) electrons. The number of amides is 1. The van der Waals surface area contributed by atoms with Gasteiger partial charge in [0.2, 0.25) is 5.91 Å². The molecule has 0 fully saturated rings. The zero-order valence-corrected chi connectivity index (χ0v) is 11.8. The fourth-order valence-corrected chi connectivity index (χ4v) is 3.46. The minimum absolute atomic E-state index is 0.239. The van der Waals surface area contributed by atoms with Gasteiger partial charge < -0.3 is 4.90 Å². The van der Waals surface area contributed by atoms with Crippen molar-refractivity contribution in [3.8, 4) is 0 Å². The summed E-state index contributed by atoms with van der Waals surface area (Å²) in [4.78, 5) is 14.4. The Bertz CT molecular complexity index is 576. The molecule has 1 aromatic carbocycles. The molecule has 19 heavy (non-hydrogen) atoms. The summed E-state index contributed by atoms with van der Waals surface area (Å²) in [5.74, 6) is 0.239. The first-order chi connectivity index (χ1) is 9.25. The predicted octanol–water partition coefficient (Wildman–Crippen LogP) is 3.66. The number of fused-ring (bicyclic) bond motifs is 1. The molecule has 1 unspecified atom stereocenters. The second kappa shape index (κ2) is 5.17. The number of hydrogen-bond acceptors (Lipinski definition) is 2. The third kappa shape index (κ3) is 2.43. The Labute approximate surface area is 117 Å². The van der Waals surface area contributed by atoms with Crippen LogP contribution in [-0.2, 0) is 17.6 Å². The smallest absolute Gasteiger partial charge is 0.227 e. The van der Waals surface area contributed by atoms with Crippen LogP contribution < -0.4 is 4.90 Å². The van der Waals surface area contributed by atoms with E-state index in [1.165, 1.54) is 11.1 Å². The van der Waals surface area contributed by atoms with Crippen LogP contribution in [-0.4, -0.2) is 11.9 Å². The fraction of sp³-hybridized carbons (Fsp3) is 0.312. The van der Waals surface area contributed by atoms with Crippen LogP contribution in [0.25, 0.3) is 0 Å². The van der Waals surface area contributed by atoms with Gasteiger partial charge in [0.15, 0.2) is 0 Å². The van der Waals surface area contributed by atoms with E-state index < -0.39 is 0 Å². The molecule has 2 heterocycles. The zero-order valence-electron chi connectivity index (χ0n) is 11.0. The van der Waals surface area contributed by atoms with Crippen LogP contribution in [0.2, 0.25) is 0 Å². The van der Waals surface area contributed by atoms with Gasteiger partial charge in [-0.25, -0.2) is 0 Å². The molecule has 0 spiro atoms. The van der Waals surface area contributed by atoms with E-state index in [1.807, 2.05) is 17.0 Å². The molecule has 0 aliphatic carbocycles. The van der Waals surface area contributed by atoms with E-state index in [0.29, 0.717) is 6.42 Å². The van der Waals surface area contributed by atoms with E-state index in [-0.39, 0.29) is 11.9 Å². The minimum Gasteiger partial charge on any atom is -0.309 e. The van der Waals surface area contributed by atoms with Crippen molar-refractivity contribution in [2.75, 3.05) is 4.90 Å². The molecule has 0 saturated carbocycles. The number of aryl methyl sites for hydroxylation is 1. The van der Waals surface area contributed by atoms with Crippen molar-refractivity contribution in [2.45, 2.75) is 32.2 Å². The van der Waals surface area contributed by atoms with Crippen molar-refractivity contribution in [3.05, 3.63) is 52.2 Å². The second-order valence-corrected chi connectivity index (χ2v) is 5.86. The standard InChI is InChI=1S/C16H17NOS/c1-12-10-14-4-2-3-5-15(14)17(12)16(18)7-6-13-8-9-19-11-13/h2-5,8-9,11-12H,6-7,10H2,1H3. The highest BCUT2D eigenvalue weighted by atomic mass is 32.1. The molecule has 0 N–H and O–H groups in total. The van der Waals surface area contributed by atoms with Gasteiger partial charge in [0.25, 0.3) is 0 Å². The maximum Gasteiger partial charge on any atom is 0.227 e. The van der Waals surface area contributed by atoms with E-state index in [0.717, 1.165) is 18.5 Å². The summed E-state index contributed by atoms with van der Waals surface area (Å²) in [5.41, 5.74) is 3.66. The van der Waals surface area contributed by atoms with E-state index >= 15 is 0 Å². The molecule has 1 aliphatic heterocycles. The van der Waals surface area contributed by atoms with Crippen LogP contribution in [0.4, 0.5) is 5.69 Å². The molecule has 2 nitrogen and oxygen atoms in total. The van der Waals surface area contributed by atoms with E-state index in [2.05, 4.69) is 35.9 Å². The summed E-state index contributed by atoms with van der Waals surface area (Å²) in [6.45, 7) is 2.13. The van der Waals surface area contributed by atoms with Crippen LogP contribution in [0.15, 0.2) is 41.1 Å². The van der Waals surface area contributed by atoms with Crippen molar-refractivity contribution < 1.29 is 4.79 Å². The van der Waals surface area contributed by atoms with Crippen molar-refractivity contribution in [2.24, 2.45) is 0 Å². The molecule has 3 heteroatoms. The van der Waals surface area contributed by atoms with Gasteiger partial charge in [0.05, 0.1) is 0 Å². The first kappa shape index (κ1) is 12.4. The number of hydrogen-bond donors (Lipinski definition) is 0. The van der Waals surface area contributed by atoms with Crippen molar-refractivity contribution in [1.29, 1.82) is 0 Å². The number of rotatable bonds is 3. The third-order valence-electron chi connectivity index (χ3n) is 3.68. The Kier molecular flexibility index (Phi) is 3.38. The second-order valence-electron chi connectivity index (χ2n) is 5.08. The highest BCUT2D eigenvalue weighted by Crippen LogP contribution is 2.32. The maximum atomic E-state index is 12.4. The van der Waals surface area contributed by atoms with Gasteiger partial charge >= 0.3 is 0 Å². The molecule has 0 saturated heterocycles. The summed E-state index contributed by atoms with van der Waals surface area (Å²) in [5, 5.41) is 4.18. The molecule has 1 amide bonds. The average molecular weight is 271 g/mol. The summed E-state index contributed by atoms with van der Waals surface area (Å²) >= 11 is 1.69. The number of carbonyl (C=O) groups is 1. The predicted molar refractivity (Wildman–Crippen MR) is 79.7 cm³/mol. The van der Waals surface area contributed by atoms with Gasteiger partial charge in [0, 0.05) is 18.2 Å². The van der Waals surface area contributed by atoms with E-state index in [4.69, 9.17) is 0 Å². The van der Waals surface area contributed by atoms with Gasteiger partial charge in [-0.1, -0.05) is 18.2 Å². The maximum absolute atomic E-state index is 12.4. The zero-order chi connectivity index (χ0) is 13.2. The van der Waals surface area contributed by atoms with Crippen molar-refractivity contribution in [1.82, 2.24) is 0 Å².